The number of rotatable bonds is 8. The number of alkyl halides is 2. The van der Waals surface area contributed by atoms with E-state index in [1.807, 2.05) is 27.7 Å². The Labute approximate surface area is 163 Å². The first-order chi connectivity index (χ1) is 13.1. The molecule has 152 valence electrons. The van der Waals surface area contributed by atoms with Gasteiger partial charge in [0.15, 0.2) is 0 Å². The zero-order chi connectivity index (χ0) is 20.9. The van der Waals surface area contributed by atoms with Gasteiger partial charge in [-0.1, -0.05) is 6.92 Å². The standard InChI is InChI=1S/C20H25F2N3O3/c1-12(9-20(3,4)25-19(26)27)11-28-17-10-24-15(7-13(17)2)14-5-6-23-16(8-14)18(21)22/h5-8,10,12,18,25H,9,11H2,1-4H3,(H,26,27). The lowest BCUT2D eigenvalue weighted by atomic mass is 9.92. The van der Waals surface area contributed by atoms with E-state index in [0.29, 0.717) is 30.0 Å². The molecule has 2 aromatic rings. The molecule has 0 saturated carbocycles. The Morgan fingerprint density at radius 1 is 1.32 bits per heavy atom. The third-order valence-electron chi connectivity index (χ3n) is 4.19. The van der Waals surface area contributed by atoms with Gasteiger partial charge in [0, 0.05) is 17.3 Å². The lowest BCUT2D eigenvalue weighted by Crippen LogP contribution is -2.44. The van der Waals surface area contributed by atoms with Crippen molar-refractivity contribution in [2.24, 2.45) is 5.92 Å². The molecule has 0 radical (unpaired) electrons. The van der Waals surface area contributed by atoms with Crippen LogP contribution in [-0.2, 0) is 0 Å². The van der Waals surface area contributed by atoms with Gasteiger partial charge in [0.25, 0.3) is 6.43 Å². The van der Waals surface area contributed by atoms with Gasteiger partial charge in [0.2, 0.25) is 0 Å². The molecule has 0 aliphatic rings. The minimum absolute atomic E-state index is 0.106. The van der Waals surface area contributed by atoms with E-state index >= 15 is 0 Å². The van der Waals surface area contributed by atoms with Crippen LogP contribution in [0.5, 0.6) is 5.75 Å². The normalized spacial score (nSPS) is 12.7. The predicted octanol–water partition coefficient (Wildman–Crippen LogP) is 4.84. The molecule has 0 spiro atoms. The molecule has 8 heteroatoms. The maximum Gasteiger partial charge on any atom is 0.405 e. The van der Waals surface area contributed by atoms with Gasteiger partial charge in [-0.05, 0) is 56.9 Å². The van der Waals surface area contributed by atoms with Crippen molar-refractivity contribution in [1.82, 2.24) is 15.3 Å². The fraction of sp³-hybridized carbons (Fsp3) is 0.450. The number of hydrogen-bond donors (Lipinski definition) is 2. The van der Waals surface area contributed by atoms with Gasteiger partial charge in [-0.25, -0.2) is 13.6 Å². The first-order valence-corrected chi connectivity index (χ1v) is 8.92. The van der Waals surface area contributed by atoms with Crippen molar-refractivity contribution in [3.8, 4) is 17.0 Å². The van der Waals surface area contributed by atoms with E-state index in [-0.39, 0.29) is 11.6 Å². The Morgan fingerprint density at radius 2 is 2.04 bits per heavy atom. The summed E-state index contributed by atoms with van der Waals surface area (Å²) in [7, 11) is 0. The molecule has 2 aromatic heterocycles. The van der Waals surface area contributed by atoms with E-state index < -0.39 is 18.1 Å². The fourth-order valence-electron chi connectivity index (χ4n) is 3.08. The highest BCUT2D eigenvalue weighted by Crippen LogP contribution is 2.27. The Hall–Kier alpha value is -2.77. The topological polar surface area (TPSA) is 84.3 Å². The molecule has 1 amide bonds. The zero-order valence-corrected chi connectivity index (χ0v) is 16.4. The van der Waals surface area contributed by atoms with Crippen molar-refractivity contribution in [2.45, 2.75) is 46.1 Å². The van der Waals surface area contributed by atoms with Crippen LogP contribution < -0.4 is 10.1 Å². The second kappa shape index (κ2) is 8.95. The van der Waals surface area contributed by atoms with E-state index in [1.165, 1.54) is 12.3 Å². The minimum atomic E-state index is -2.63. The zero-order valence-electron chi connectivity index (χ0n) is 16.4. The Bertz CT molecular complexity index is 828. The molecule has 0 aliphatic heterocycles. The van der Waals surface area contributed by atoms with Crippen molar-refractivity contribution in [3.63, 3.8) is 0 Å². The summed E-state index contributed by atoms with van der Waals surface area (Å²) in [5.41, 5.74) is 1.11. The first-order valence-electron chi connectivity index (χ1n) is 8.92. The summed E-state index contributed by atoms with van der Waals surface area (Å²) >= 11 is 0. The molecule has 0 aliphatic carbocycles. The monoisotopic (exact) mass is 393 g/mol. The van der Waals surface area contributed by atoms with Crippen LogP contribution in [0.25, 0.3) is 11.3 Å². The SMILES string of the molecule is Cc1cc(-c2ccnc(C(F)F)c2)ncc1OCC(C)CC(C)(C)NC(=O)O. The van der Waals surface area contributed by atoms with Crippen LogP contribution in [0.1, 0.15) is 44.9 Å². The number of aryl methyl sites for hydroxylation is 1. The predicted molar refractivity (Wildman–Crippen MR) is 102 cm³/mol. The molecule has 0 fully saturated rings. The van der Waals surface area contributed by atoms with E-state index in [9.17, 15) is 13.6 Å². The Balaban J connectivity index is 2.03. The number of aromatic nitrogens is 2. The van der Waals surface area contributed by atoms with Crippen molar-refractivity contribution in [3.05, 3.63) is 41.9 Å². The largest absolute Gasteiger partial charge is 0.491 e. The summed E-state index contributed by atoms with van der Waals surface area (Å²) in [6, 6.07) is 4.74. The number of hydrogen-bond acceptors (Lipinski definition) is 4. The molecular formula is C20H25F2N3O3. The average Bonchev–Trinajstić information content (AvgIpc) is 2.59. The Kier molecular flexibility index (Phi) is 6.88. The second-order valence-corrected chi connectivity index (χ2v) is 7.54. The van der Waals surface area contributed by atoms with E-state index in [4.69, 9.17) is 9.84 Å². The average molecular weight is 393 g/mol. The van der Waals surface area contributed by atoms with E-state index in [0.717, 1.165) is 5.56 Å². The molecule has 28 heavy (non-hydrogen) atoms. The van der Waals surface area contributed by atoms with Gasteiger partial charge < -0.3 is 15.2 Å². The van der Waals surface area contributed by atoms with Gasteiger partial charge in [0.05, 0.1) is 18.5 Å². The number of nitrogens with one attached hydrogen (secondary N) is 1. The van der Waals surface area contributed by atoms with Crippen LogP contribution in [0.3, 0.4) is 0 Å². The number of carbonyl (C=O) groups is 1. The molecule has 1 unspecified atom stereocenters. The minimum Gasteiger partial charge on any atom is -0.491 e. The molecule has 2 heterocycles. The van der Waals surface area contributed by atoms with Gasteiger partial charge >= 0.3 is 6.09 Å². The van der Waals surface area contributed by atoms with Crippen molar-refractivity contribution in [2.75, 3.05) is 6.61 Å². The highest BCUT2D eigenvalue weighted by Gasteiger charge is 2.23. The third kappa shape index (κ3) is 6.14. The molecule has 0 bridgehead atoms. The molecule has 6 nitrogen and oxygen atoms in total. The smallest absolute Gasteiger partial charge is 0.405 e. The number of ether oxygens (including phenoxy) is 1. The van der Waals surface area contributed by atoms with Crippen molar-refractivity contribution < 1.29 is 23.4 Å². The van der Waals surface area contributed by atoms with Crippen molar-refractivity contribution >= 4 is 6.09 Å². The lowest BCUT2D eigenvalue weighted by molar-refractivity contribution is 0.146. The first kappa shape index (κ1) is 21.5. The summed E-state index contributed by atoms with van der Waals surface area (Å²) in [5, 5.41) is 11.4. The van der Waals surface area contributed by atoms with Crippen LogP contribution in [0.2, 0.25) is 0 Å². The number of amides is 1. The van der Waals surface area contributed by atoms with Crippen LogP contribution in [-0.4, -0.2) is 33.3 Å². The molecule has 2 rings (SSSR count). The van der Waals surface area contributed by atoms with Gasteiger partial charge in [-0.3, -0.25) is 9.97 Å². The Morgan fingerprint density at radius 3 is 2.64 bits per heavy atom. The van der Waals surface area contributed by atoms with Crippen LogP contribution in [0.4, 0.5) is 13.6 Å². The molecule has 2 N–H and O–H groups in total. The highest BCUT2D eigenvalue weighted by atomic mass is 19.3. The summed E-state index contributed by atoms with van der Waals surface area (Å²) < 4.78 is 31.5. The van der Waals surface area contributed by atoms with Gasteiger partial charge in [-0.2, -0.15) is 0 Å². The van der Waals surface area contributed by atoms with Crippen LogP contribution in [0, 0.1) is 12.8 Å². The number of halogens is 2. The summed E-state index contributed by atoms with van der Waals surface area (Å²) in [6.07, 6.45) is -0.171. The number of carboxylic acid groups (broad SMARTS) is 1. The van der Waals surface area contributed by atoms with Crippen LogP contribution in [0.15, 0.2) is 30.6 Å². The number of pyridine rings is 2. The van der Waals surface area contributed by atoms with Crippen LogP contribution >= 0.6 is 0 Å². The molecule has 0 aromatic carbocycles. The van der Waals surface area contributed by atoms with Gasteiger partial charge in [-0.15, -0.1) is 0 Å². The maximum absolute atomic E-state index is 12.8. The summed E-state index contributed by atoms with van der Waals surface area (Å²) in [6.45, 7) is 7.88. The molecule has 0 saturated heterocycles. The number of nitrogens with zero attached hydrogens (tertiary/aromatic N) is 2. The quantitative estimate of drug-likeness (QED) is 0.670. The van der Waals surface area contributed by atoms with Crippen molar-refractivity contribution in [1.29, 1.82) is 0 Å². The van der Waals surface area contributed by atoms with E-state index in [2.05, 4.69) is 15.3 Å². The summed E-state index contributed by atoms with van der Waals surface area (Å²) in [4.78, 5) is 18.8. The lowest BCUT2D eigenvalue weighted by Gasteiger charge is -2.28. The second-order valence-electron chi connectivity index (χ2n) is 7.54. The van der Waals surface area contributed by atoms with E-state index in [1.54, 1.807) is 18.3 Å². The third-order valence-corrected chi connectivity index (χ3v) is 4.19. The maximum atomic E-state index is 12.8. The highest BCUT2D eigenvalue weighted by molar-refractivity contribution is 5.65. The molecule has 1 atom stereocenters. The molecular weight excluding hydrogens is 368 g/mol. The fourth-order valence-corrected chi connectivity index (χ4v) is 3.08. The van der Waals surface area contributed by atoms with Gasteiger partial charge in [0.1, 0.15) is 11.4 Å². The summed E-state index contributed by atoms with van der Waals surface area (Å²) in [5.74, 6) is 0.706.